The Kier molecular flexibility index (Phi) is 4.13. The number of para-hydroxylation sites is 1. The highest BCUT2D eigenvalue weighted by atomic mass is 16.5. The molecule has 0 unspecified atom stereocenters. The summed E-state index contributed by atoms with van der Waals surface area (Å²) in [5.74, 6) is 0.698. The predicted octanol–water partition coefficient (Wildman–Crippen LogP) is 3.94. The molecule has 0 atom stereocenters. The summed E-state index contributed by atoms with van der Waals surface area (Å²) in [4.78, 5) is 19.1. The van der Waals surface area contributed by atoms with Gasteiger partial charge in [-0.05, 0) is 48.7 Å². The van der Waals surface area contributed by atoms with Gasteiger partial charge in [-0.3, -0.25) is 4.79 Å². The van der Waals surface area contributed by atoms with Crippen LogP contribution >= 0.6 is 0 Å². The second kappa shape index (κ2) is 6.59. The van der Waals surface area contributed by atoms with Gasteiger partial charge in [-0.25, -0.2) is 0 Å². The Morgan fingerprint density at radius 3 is 2.81 bits per heavy atom. The van der Waals surface area contributed by atoms with Gasteiger partial charge < -0.3 is 20.0 Å². The summed E-state index contributed by atoms with van der Waals surface area (Å²) in [6, 6.07) is 14.0. The molecule has 4 aromatic rings. The maximum absolute atomic E-state index is 12.6. The minimum absolute atomic E-state index is 0.0856. The van der Waals surface area contributed by atoms with Crippen molar-refractivity contribution < 1.29 is 9.53 Å². The molecule has 2 heterocycles. The number of amides is 1. The molecule has 1 amide bonds. The molecule has 5 nitrogen and oxygen atoms in total. The first-order valence-corrected chi connectivity index (χ1v) is 8.67. The van der Waals surface area contributed by atoms with Gasteiger partial charge in [-0.2, -0.15) is 0 Å². The van der Waals surface area contributed by atoms with Crippen molar-refractivity contribution in [2.24, 2.45) is 0 Å². The average Bonchev–Trinajstić information content (AvgIpc) is 3.23. The van der Waals surface area contributed by atoms with Crippen LogP contribution in [0.1, 0.15) is 21.6 Å². The molecule has 3 N–H and O–H groups in total. The van der Waals surface area contributed by atoms with Crippen LogP contribution in [0, 0.1) is 6.92 Å². The van der Waals surface area contributed by atoms with Crippen molar-refractivity contribution in [3.63, 3.8) is 0 Å². The Hall–Kier alpha value is -3.21. The van der Waals surface area contributed by atoms with Crippen molar-refractivity contribution in [1.82, 2.24) is 15.3 Å². The standard InChI is InChI=1S/C21H21N3O2/c1-13-17-11-15(26-2)7-8-19(17)24-20(13)21(25)22-10-9-14-12-23-18-6-4-3-5-16(14)18/h3-8,11-12,23-24H,9-10H2,1-2H3,(H,22,25). The van der Waals surface area contributed by atoms with Gasteiger partial charge in [0, 0.05) is 34.5 Å². The molecular weight excluding hydrogens is 326 g/mol. The SMILES string of the molecule is COc1ccc2[nH]c(C(=O)NCCc3c[nH]c4ccccc34)c(C)c2c1. The smallest absolute Gasteiger partial charge is 0.268 e. The maximum atomic E-state index is 12.6. The number of aromatic amines is 2. The molecule has 0 spiro atoms. The highest BCUT2D eigenvalue weighted by Gasteiger charge is 2.15. The van der Waals surface area contributed by atoms with Crippen LogP contribution in [0.15, 0.2) is 48.7 Å². The third kappa shape index (κ3) is 2.81. The summed E-state index contributed by atoms with van der Waals surface area (Å²) in [5.41, 5.74) is 4.80. The third-order valence-electron chi connectivity index (χ3n) is 4.85. The quantitative estimate of drug-likeness (QED) is 0.512. The number of carbonyl (C=O) groups is 1. The van der Waals surface area contributed by atoms with Crippen molar-refractivity contribution in [2.75, 3.05) is 13.7 Å². The Balaban J connectivity index is 1.48. The number of fused-ring (bicyclic) bond motifs is 2. The Morgan fingerprint density at radius 2 is 1.96 bits per heavy atom. The Morgan fingerprint density at radius 1 is 1.12 bits per heavy atom. The van der Waals surface area contributed by atoms with E-state index in [9.17, 15) is 4.79 Å². The normalized spacial score (nSPS) is 11.2. The first-order valence-electron chi connectivity index (χ1n) is 8.67. The number of nitrogens with one attached hydrogen (secondary N) is 3. The lowest BCUT2D eigenvalue weighted by atomic mass is 10.1. The molecule has 0 fully saturated rings. The largest absolute Gasteiger partial charge is 0.497 e. The van der Waals surface area contributed by atoms with Crippen molar-refractivity contribution in [2.45, 2.75) is 13.3 Å². The molecule has 0 radical (unpaired) electrons. The van der Waals surface area contributed by atoms with E-state index in [1.54, 1.807) is 7.11 Å². The number of hydrogen-bond donors (Lipinski definition) is 3. The molecule has 26 heavy (non-hydrogen) atoms. The van der Waals surface area contributed by atoms with Gasteiger partial charge in [0.05, 0.1) is 7.11 Å². The number of aryl methyl sites for hydroxylation is 1. The highest BCUT2D eigenvalue weighted by molar-refractivity contribution is 6.01. The van der Waals surface area contributed by atoms with Crippen molar-refractivity contribution in [1.29, 1.82) is 0 Å². The van der Waals surface area contributed by atoms with E-state index in [4.69, 9.17) is 4.74 Å². The zero-order valence-corrected chi connectivity index (χ0v) is 14.8. The van der Waals surface area contributed by atoms with Crippen molar-refractivity contribution in [3.8, 4) is 5.75 Å². The van der Waals surface area contributed by atoms with Crippen LogP contribution in [0.5, 0.6) is 5.75 Å². The number of methoxy groups -OCH3 is 1. The molecule has 0 saturated heterocycles. The van der Waals surface area contributed by atoms with Crippen LogP contribution in [0.2, 0.25) is 0 Å². The van der Waals surface area contributed by atoms with E-state index in [0.29, 0.717) is 12.2 Å². The van der Waals surface area contributed by atoms with Gasteiger partial charge in [0.25, 0.3) is 5.91 Å². The van der Waals surface area contributed by atoms with E-state index in [1.165, 1.54) is 10.9 Å². The number of benzene rings is 2. The van der Waals surface area contributed by atoms with Crippen molar-refractivity contribution in [3.05, 3.63) is 65.5 Å². The van der Waals surface area contributed by atoms with Crippen LogP contribution in [-0.2, 0) is 6.42 Å². The molecule has 0 aliphatic rings. The summed E-state index contributed by atoms with van der Waals surface area (Å²) in [7, 11) is 1.64. The van der Waals surface area contributed by atoms with Gasteiger partial charge in [0.15, 0.2) is 0 Å². The van der Waals surface area contributed by atoms with Gasteiger partial charge >= 0.3 is 0 Å². The second-order valence-corrected chi connectivity index (χ2v) is 6.40. The van der Waals surface area contributed by atoms with E-state index >= 15 is 0 Å². The lowest BCUT2D eigenvalue weighted by Crippen LogP contribution is -2.26. The van der Waals surface area contributed by atoms with Gasteiger partial charge in [-0.15, -0.1) is 0 Å². The molecule has 132 valence electrons. The summed E-state index contributed by atoms with van der Waals surface area (Å²) in [6.45, 7) is 2.53. The molecule has 2 aromatic heterocycles. The number of hydrogen-bond acceptors (Lipinski definition) is 2. The summed E-state index contributed by atoms with van der Waals surface area (Å²) in [6.07, 6.45) is 2.79. The monoisotopic (exact) mass is 347 g/mol. The molecular formula is C21H21N3O2. The fourth-order valence-electron chi connectivity index (χ4n) is 3.40. The van der Waals surface area contributed by atoms with Crippen LogP contribution in [-0.4, -0.2) is 29.5 Å². The summed E-state index contributed by atoms with van der Waals surface area (Å²) in [5, 5.41) is 5.23. The summed E-state index contributed by atoms with van der Waals surface area (Å²) < 4.78 is 5.27. The van der Waals surface area contributed by atoms with Gasteiger partial charge in [0.1, 0.15) is 11.4 Å². The lowest BCUT2D eigenvalue weighted by molar-refractivity contribution is 0.0949. The van der Waals surface area contributed by atoms with Crippen LogP contribution in [0.4, 0.5) is 0 Å². The topological polar surface area (TPSA) is 69.9 Å². The zero-order chi connectivity index (χ0) is 18.1. The van der Waals surface area contributed by atoms with E-state index < -0.39 is 0 Å². The fraction of sp³-hybridized carbons (Fsp3) is 0.190. The number of rotatable bonds is 5. The van der Waals surface area contributed by atoms with E-state index in [2.05, 4.69) is 27.4 Å². The average molecular weight is 347 g/mol. The second-order valence-electron chi connectivity index (χ2n) is 6.40. The van der Waals surface area contributed by atoms with E-state index in [-0.39, 0.29) is 5.91 Å². The third-order valence-corrected chi connectivity index (χ3v) is 4.85. The number of H-pyrrole nitrogens is 2. The van der Waals surface area contributed by atoms with Crippen LogP contribution in [0.25, 0.3) is 21.8 Å². The van der Waals surface area contributed by atoms with Crippen molar-refractivity contribution >= 4 is 27.7 Å². The zero-order valence-electron chi connectivity index (χ0n) is 14.8. The van der Waals surface area contributed by atoms with E-state index in [1.807, 2.05) is 43.5 Å². The minimum atomic E-state index is -0.0856. The Labute approximate surface area is 151 Å². The number of carbonyl (C=O) groups excluding carboxylic acids is 1. The maximum Gasteiger partial charge on any atom is 0.268 e. The first kappa shape index (κ1) is 16.3. The van der Waals surface area contributed by atoms with E-state index in [0.717, 1.165) is 34.2 Å². The number of aromatic nitrogens is 2. The number of ether oxygens (including phenoxy) is 1. The Bertz CT molecular complexity index is 1090. The highest BCUT2D eigenvalue weighted by Crippen LogP contribution is 2.26. The minimum Gasteiger partial charge on any atom is -0.497 e. The van der Waals surface area contributed by atoms with Crippen LogP contribution in [0.3, 0.4) is 0 Å². The molecule has 0 bridgehead atoms. The molecule has 0 aliphatic heterocycles. The van der Waals surface area contributed by atoms with Gasteiger partial charge in [-0.1, -0.05) is 18.2 Å². The molecule has 4 rings (SSSR count). The first-order chi connectivity index (χ1) is 12.7. The molecule has 2 aromatic carbocycles. The molecule has 5 heteroatoms. The van der Waals surface area contributed by atoms with Gasteiger partial charge in [0.2, 0.25) is 0 Å². The van der Waals surface area contributed by atoms with Crippen LogP contribution < -0.4 is 10.1 Å². The lowest BCUT2D eigenvalue weighted by Gasteiger charge is -2.04. The summed E-state index contributed by atoms with van der Waals surface area (Å²) >= 11 is 0. The molecule has 0 saturated carbocycles. The predicted molar refractivity (Wildman–Crippen MR) is 104 cm³/mol. The molecule has 0 aliphatic carbocycles. The fourth-order valence-corrected chi connectivity index (χ4v) is 3.40.